The van der Waals surface area contributed by atoms with E-state index < -0.39 is 0 Å². The third kappa shape index (κ3) is 1.62. The third-order valence-electron chi connectivity index (χ3n) is 1.95. The number of rotatable bonds is 3. The van der Waals surface area contributed by atoms with E-state index in [0.717, 1.165) is 28.5 Å². The molecule has 0 atom stereocenters. The maximum Gasteiger partial charge on any atom is 0.132 e. The van der Waals surface area contributed by atoms with Crippen LogP contribution in [-0.4, -0.2) is 26.5 Å². The Morgan fingerprint density at radius 3 is 3.07 bits per heavy atom. The van der Waals surface area contributed by atoms with Crippen LogP contribution in [0.5, 0.6) is 0 Å². The molecule has 6 heteroatoms. The number of pyridine rings is 1. The molecule has 0 saturated heterocycles. The second-order valence-corrected chi connectivity index (χ2v) is 3.80. The Balaban J connectivity index is 2.45. The average molecular weight is 256 g/mol. The van der Waals surface area contributed by atoms with Crippen LogP contribution in [0.3, 0.4) is 0 Å². The van der Waals surface area contributed by atoms with Crippen LogP contribution in [-0.2, 0) is 6.54 Å². The van der Waals surface area contributed by atoms with E-state index in [0.29, 0.717) is 6.54 Å². The van der Waals surface area contributed by atoms with Crippen LogP contribution in [0.2, 0.25) is 0 Å². The maximum atomic E-state index is 5.44. The number of aryl methyl sites for hydroxylation is 1. The molecule has 0 unspecified atom stereocenters. The van der Waals surface area contributed by atoms with E-state index in [2.05, 4.69) is 31.2 Å². The summed E-state index contributed by atoms with van der Waals surface area (Å²) in [5.41, 5.74) is 7.22. The van der Waals surface area contributed by atoms with E-state index in [9.17, 15) is 0 Å². The van der Waals surface area contributed by atoms with Crippen LogP contribution in [0.15, 0.2) is 16.9 Å². The molecule has 14 heavy (non-hydrogen) atoms. The molecule has 5 nitrogen and oxygen atoms in total. The SMILES string of the molecule is NCCCn1nnc2cncc(Br)c21. The van der Waals surface area contributed by atoms with Gasteiger partial charge in [0, 0.05) is 12.7 Å². The summed E-state index contributed by atoms with van der Waals surface area (Å²) in [4.78, 5) is 4.02. The number of halogens is 1. The van der Waals surface area contributed by atoms with Crippen molar-refractivity contribution in [2.24, 2.45) is 5.73 Å². The highest BCUT2D eigenvalue weighted by Gasteiger charge is 2.07. The first-order chi connectivity index (χ1) is 6.83. The van der Waals surface area contributed by atoms with Crippen molar-refractivity contribution in [2.45, 2.75) is 13.0 Å². The zero-order chi connectivity index (χ0) is 9.97. The molecule has 0 radical (unpaired) electrons. The van der Waals surface area contributed by atoms with Crippen molar-refractivity contribution in [3.8, 4) is 0 Å². The van der Waals surface area contributed by atoms with Crippen LogP contribution >= 0.6 is 15.9 Å². The van der Waals surface area contributed by atoms with Crippen molar-refractivity contribution in [3.05, 3.63) is 16.9 Å². The number of nitrogens with two attached hydrogens (primary N) is 1. The molecule has 0 aliphatic carbocycles. The Kier molecular flexibility index (Phi) is 2.74. The molecular weight excluding hydrogens is 246 g/mol. The zero-order valence-electron chi connectivity index (χ0n) is 7.52. The molecular formula is C8H10BrN5. The lowest BCUT2D eigenvalue weighted by molar-refractivity contribution is 0.579. The number of hydrogen-bond donors (Lipinski definition) is 1. The van der Waals surface area contributed by atoms with Crippen molar-refractivity contribution in [1.82, 2.24) is 20.0 Å². The fourth-order valence-corrected chi connectivity index (χ4v) is 1.82. The monoisotopic (exact) mass is 255 g/mol. The summed E-state index contributed by atoms with van der Waals surface area (Å²) >= 11 is 3.42. The molecule has 0 spiro atoms. The summed E-state index contributed by atoms with van der Waals surface area (Å²) in [6, 6.07) is 0. The molecule has 0 aliphatic rings. The van der Waals surface area contributed by atoms with E-state index in [1.165, 1.54) is 0 Å². The normalized spacial score (nSPS) is 11.0. The minimum absolute atomic E-state index is 0.657. The lowest BCUT2D eigenvalue weighted by Gasteiger charge is -2.00. The van der Waals surface area contributed by atoms with Gasteiger partial charge in [0.25, 0.3) is 0 Å². The molecule has 0 fully saturated rings. The number of aromatic nitrogens is 4. The van der Waals surface area contributed by atoms with Crippen molar-refractivity contribution >= 4 is 27.0 Å². The number of fused-ring (bicyclic) bond motifs is 1. The van der Waals surface area contributed by atoms with E-state index in [1.807, 2.05) is 4.68 Å². The van der Waals surface area contributed by atoms with Gasteiger partial charge in [-0.1, -0.05) is 5.21 Å². The molecule has 2 aromatic rings. The van der Waals surface area contributed by atoms with Gasteiger partial charge in [-0.3, -0.25) is 4.98 Å². The van der Waals surface area contributed by atoms with Gasteiger partial charge in [-0.2, -0.15) is 0 Å². The summed E-state index contributed by atoms with van der Waals surface area (Å²) < 4.78 is 2.76. The first kappa shape index (κ1) is 9.54. The summed E-state index contributed by atoms with van der Waals surface area (Å²) in [6.45, 7) is 1.44. The topological polar surface area (TPSA) is 69.6 Å². The highest BCUT2D eigenvalue weighted by molar-refractivity contribution is 9.10. The molecule has 0 bridgehead atoms. The van der Waals surface area contributed by atoms with Gasteiger partial charge in [0.1, 0.15) is 11.0 Å². The van der Waals surface area contributed by atoms with Gasteiger partial charge in [0.05, 0.1) is 10.7 Å². The molecule has 74 valence electrons. The zero-order valence-corrected chi connectivity index (χ0v) is 9.11. The largest absolute Gasteiger partial charge is 0.330 e. The fraction of sp³-hybridized carbons (Fsp3) is 0.375. The quantitative estimate of drug-likeness (QED) is 0.887. The van der Waals surface area contributed by atoms with Gasteiger partial charge >= 0.3 is 0 Å². The smallest absolute Gasteiger partial charge is 0.132 e. The molecule has 0 aromatic carbocycles. The van der Waals surface area contributed by atoms with E-state index in [4.69, 9.17) is 5.73 Å². The molecule has 2 aromatic heterocycles. The molecule has 0 amide bonds. The Hall–Kier alpha value is -1.01. The predicted octanol–water partition coefficient (Wildman–Crippen LogP) is 0.938. The maximum absolute atomic E-state index is 5.44. The standard InChI is InChI=1S/C8H10BrN5/c9-6-4-11-5-7-8(6)14(13-12-7)3-1-2-10/h4-5H,1-3,10H2. The number of nitrogens with zero attached hydrogens (tertiary/aromatic N) is 4. The van der Waals surface area contributed by atoms with Crippen molar-refractivity contribution in [3.63, 3.8) is 0 Å². The second-order valence-electron chi connectivity index (χ2n) is 2.94. The average Bonchev–Trinajstić information content (AvgIpc) is 2.59. The summed E-state index contributed by atoms with van der Waals surface area (Å²) in [5, 5.41) is 8.05. The van der Waals surface area contributed by atoms with Crippen molar-refractivity contribution < 1.29 is 0 Å². The first-order valence-corrected chi connectivity index (χ1v) is 5.15. The minimum atomic E-state index is 0.657. The lowest BCUT2D eigenvalue weighted by atomic mass is 10.4. The van der Waals surface area contributed by atoms with Gasteiger partial charge in [0.2, 0.25) is 0 Å². The van der Waals surface area contributed by atoms with Crippen LogP contribution in [0.4, 0.5) is 0 Å². The molecule has 0 aliphatic heterocycles. The Morgan fingerprint density at radius 1 is 1.43 bits per heavy atom. The first-order valence-electron chi connectivity index (χ1n) is 4.35. The van der Waals surface area contributed by atoms with Gasteiger partial charge in [-0.15, -0.1) is 5.10 Å². The van der Waals surface area contributed by atoms with Gasteiger partial charge in [0.15, 0.2) is 0 Å². The van der Waals surface area contributed by atoms with Gasteiger partial charge in [-0.25, -0.2) is 4.68 Å². The molecule has 2 N–H and O–H groups in total. The second kappa shape index (κ2) is 4.02. The van der Waals surface area contributed by atoms with Crippen LogP contribution in [0.1, 0.15) is 6.42 Å². The summed E-state index contributed by atoms with van der Waals surface area (Å²) in [7, 11) is 0. The Morgan fingerprint density at radius 2 is 2.29 bits per heavy atom. The van der Waals surface area contributed by atoms with Crippen LogP contribution in [0.25, 0.3) is 11.0 Å². The van der Waals surface area contributed by atoms with Gasteiger partial charge in [-0.05, 0) is 28.9 Å². The van der Waals surface area contributed by atoms with E-state index >= 15 is 0 Å². The van der Waals surface area contributed by atoms with Crippen LogP contribution < -0.4 is 5.73 Å². The lowest BCUT2D eigenvalue weighted by Crippen LogP contribution is -2.07. The van der Waals surface area contributed by atoms with Gasteiger partial charge < -0.3 is 5.73 Å². The minimum Gasteiger partial charge on any atom is -0.330 e. The van der Waals surface area contributed by atoms with Crippen molar-refractivity contribution in [1.29, 1.82) is 0 Å². The van der Waals surface area contributed by atoms with E-state index in [1.54, 1.807) is 12.4 Å². The predicted molar refractivity (Wildman–Crippen MR) is 56.7 cm³/mol. The summed E-state index contributed by atoms with van der Waals surface area (Å²) in [6.07, 6.45) is 4.34. The van der Waals surface area contributed by atoms with E-state index in [-0.39, 0.29) is 0 Å². The number of hydrogen-bond acceptors (Lipinski definition) is 4. The van der Waals surface area contributed by atoms with Crippen LogP contribution in [0, 0.1) is 0 Å². The molecule has 2 rings (SSSR count). The fourth-order valence-electron chi connectivity index (χ4n) is 1.29. The Bertz CT molecular complexity index is 438. The third-order valence-corrected chi connectivity index (χ3v) is 2.53. The highest BCUT2D eigenvalue weighted by atomic mass is 79.9. The highest BCUT2D eigenvalue weighted by Crippen LogP contribution is 2.20. The Labute approximate surface area is 89.4 Å². The van der Waals surface area contributed by atoms with Crippen molar-refractivity contribution in [2.75, 3.05) is 6.54 Å². The summed E-state index contributed by atoms with van der Waals surface area (Å²) in [5.74, 6) is 0. The molecule has 2 heterocycles. The molecule has 0 saturated carbocycles.